The van der Waals surface area contributed by atoms with E-state index in [1.165, 1.54) is 0 Å². The van der Waals surface area contributed by atoms with Crippen LogP contribution < -0.4 is 4.74 Å². The molecular weight excluding hydrogens is 459 g/mol. The molecule has 0 amide bonds. The molecule has 5 nitrogen and oxygen atoms in total. The summed E-state index contributed by atoms with van der Waals surface area (Å²) in [4.78, 5) is 17.6. The molecule has 3 atom stereocenters. The molecule has 3 rings (SSSR count). The van der Waals surface area contributed by atoms with Crippen molar-refractivity contribution in [1.82, 2.24) is 4.98 Å². The second-order valence-electron chi connectivity index (χ2n) is 8.01. The van der Waals surface area contributed by atoms with Crippen molar-refractivity contribution in [1.29, 1.82) is 5.26 Å². The Morgan fingerprint density at radius 2 is 1.73 bits per heavy atom. The van der Waals surface area contributed by atoms with Gasteiger partial charge >= 0.3 is 5.97 Å². The molecule has 0 aliphatic carbocycles. The highest BCUT2D eigenvalue weighted by Gasteiger charge is 2.32. The van der Waals surface area contributed by atoms with Crippen molar-refractivity contribution in [2.24, 2.45) is 17.8 Å². The van der Waals surface area contributed by atoms with E-state index < -0.39 is 18.0 Å². The van der Waals surface area contributed by atoms with E-state index >= 15 is 0 Å². The summed E-state index contributed by atoms with van der Waals surface area (Å²) in [5.74, 6) is -0.225. The molecule has 1 aromatic heterocycles. The Labute approximate surface area is 203 Å². The second-order valence-corrected chi connectivity index (χ2v) is 9.02. The first-order chi connectivity index (χ1) is 15.8. The molecule has 0 bridgehead atoms. The topological polar surface area (TPSA) is 72.2 Å². The first-order valence-corrected chi connectivity index (χ1v) is 11.3. The lowest BCUT2D eigenvalue weighted by Crippen LogP contribution is -2.29. The van der Waals surface area contributed by atoms with Gasteiger partial charge in [-0.2, -0.15) is 5.26 Å². The molecule has 0 aliphatic heterocycles. The number of aromatic nitrogens is 1. The van der Waals surface area contributed by atoms with Gasteiger partial charge in [-0.05, 0) is 36.1 Å². The molecule has 3 unspecified atom stereocenters. The molecule has 0 N–H and O–H groups in total. The minimum absolute atomic E-state index is 0.0580. The maximum absolute atomic E-state index is 13.0. The first-order valence-electron chi connectivity index (χ1n) is 10.6. The Morgan fingerprint density at radius 3 is 2.36 bits per heavy atom. The van der Waals surface area contributed by atoms with Gasteiger partial charge in [0.2, 0.25) is 6.10 Å². The summed E-state index contributed by atoms with van der Waals surface area (Å²) >= 11 is 11.6. The van der Waals surface area contributed by atoms with Crippen molar-refractivity contribution in [3.05, 3.63) is 76.9 Å². The number of pyridine rings is 1. The molecule has 0 saturated heterocycles. The van der Waals surface area contributed by atoms with Crippen molar-refractivity contribution in [3.8, 4) is 17.6 Å². The Balaban J connectivity index is 1.95. The Hall–Kier alpha value is -3.07. The number of hydrogen-bond acceptors (Lipinski definition) is 5. The highest BCUT2D eigenvalue weighted by molar-refractivity contribution is 6.55. The molecule has 1 heterocycles. The van der Waals surface area contributed by atoms with E-state index in [-0.39, 0.29) is 22.0 Å². The molecule has 0 fully saturated rings. The minimum Gasteiger partial charge on any atom is -0.457 e. The summed E-state index contributed by atoms with van der Waals surface area (Å²) in [5.41, 5.74) is 0.916. The fourth-order valence-electron chi connectivity index (χ4n) is 3.74. The van der Waals surface area contributed by atoms with Crippen LogP contribution in [0.1, 0.15) is 32.6 Å². The summed E-state index contributed by atoms with van der Waals surface area (Å²) in [5, 5.41) is 10.6. The predicted octanol–water partition coefficient (Wildman–Crippen LogP) is 7.36. The number of carbonyl (C=O) groups excluding carboxylic acids is 1. The van der Waals surface area contributed by atoms with E-state index in [1.54, 1.807) is 12.1 Å². The number of rotatable bonds is 8. The third kappa shape index (κ3) is 6.25. The average Bonchev–Trinajstić information content (AvgIpc) is 2.77. The number of halogens is 2. The van der Waals surface area contributed by atoms with Crippen LogP contribution in [0.5, 0.6) is 11.5 Å². The summed E-state index contributed by atoms with van der Waals surface area (Å²) in [7, 11) is 0. The van der Waals surface area contributed by atoms with Gasteiger partial charge in [0.1, 0.15) is 22.1 Å². The van der Waals surface area contributed by atoms with Crippen LogP contribution in [0.15, 0.2) is 71.2 Å². The maximum Gasteiger partial charge on any atom is 0.311 e. The zero-order chi connectivity index (χ0) is 24.0. The lowest BCUT2D eigenvalue weighted by atomic mass is 9.84. The molecule has 0 spiro atoms. The summed E-state index contributed by atoms with van der Waals surface area (Å²) < 4.78 is 11.8. The van der Waals surface area contributed by atoms with Crippen LogP contribution in [0.25, 0.3) is 10.9 Å². The van der Waals surface area contributed by atoms with Gasteiger partial charge in [-0.25, -0.2) is 4.98 Å². The van der Waals surface area contributed by atoms with Gasteiger partial charge in [-0.15, -0.1) is 0 Å². The van der Waals surface area contributed by atoms with E-state index in [2.05, 4.69) is 4.98 Å². The van der Waals surface area contributed by atoms with Crippen molar-refractivity contribution in [2.45, 2.75) is 26.9 Å². The molecule has 0 radical (unpaired) electrons. The van der Waals surface area contributed by atoms with Crippen LogP contribution in [0.4, 0.5) is 0 Å². The molecule has 0 aliphatic rings. The Morgan fingerprint density at radius 1 is 1.06 bits per heavy atom. The van der Waals surface area contributed by atoms with Crippen molar-refractivity contribution >= 4 is 40.1 Å². The summed E-state index contributed by atoms with van der Waals surface area (Å²) in [6.07, 6.45) is 0.389. The lowest BCUT2D eigenvalue weighted by molar-refractivity contribution is -0.155. The molecule has 170 valence electrons. The summed E-state index contributed by atoms with van der Waals surface area (Å²) in [6.45, 7) is 5.64. The molecule has 7 heteroatoms. The number of carbonyl (C=O) groups is 1. The fourth-order valence-corrected chi connectivity index (χ4v) is 4.14. The predicted molar refractivity (Wildman–Crippen MR) is 130 cm³/mol. The van der Waals surface area contributed by atoms with Gasteiger partial charge < -0.3 is 9.47 Å². The van der Waals surface area contributed by atoms with E-state index in [9.17, 15) is 10.1 Å². The number of esters is 1. The molecule has 3 aromatic rings. The normalized spacial score (nSPS) is 13.6. The number of nitriles is 1. The van der Waals surface area contributed by atoms with Gasteiger partial charge in [-0.3, -0.25) is 4.79 Å². The van der Waals surface area contributed by atoms with Gasteiger partial charge in [-0.1, -0.05) is 80.4 Å². The molecule has 2 aromatic carbocycles. The standard InChI is InChI=1S/C26H24Cl2N2O3/c1-16(2)25(17(3)13-24(27)28)26(31)33-23(15-29)21-14-22(32-18-9-5-4-6-10-18)19-11-7-8-12-20(19)30-21/h4-14,16-17,23,25H,1-3H3. The van der Waals surface area contributed by atoms with Crippen molar-refractivity contribution < 1.29 is 14.3 Å². The van der Waals surface area contributed by atoms with E-state index in [4.69, 9.17) is 32.7 Å². The Bertz CT molecular complexity index is 1190. The number of para-hydroxylation sites is 2. The van der Waals surface area contributed by atoms with Gasteiger partial charge in [0.25, 0.3) is 0 Å². The number of fused-ring (bicyclic) bond motifs is 1. The van der Waals surface area contributed by atoms with Crippen LogP contribution in [0.2, 0.25) is 0 Å². The van der Waals surface area contributed by atoms with Crippen LogP contribution in [-0.4, -0.2) is 11.0 Å². The van der Waals surface area contributed by atoms with Crippen molar-refractivity contribution in [3.63, 3.8) is 0 Å². The maximum atomic E-state index is 13.0. The summed E-state index contributed by atoms with van der Waals surface area (Å²) in [6, 6.07) is 20.4. The molecular formula is C26H24Cl2N2O3. The molecule has 33 heavy (non-hydrogen) atoms. The smallest absolute Gasteiger partial charge is 0.311 e. The van der Waals surface area contributed by atoms with Crippen LogP contribution in [0.3, 0.4) is 0 Å². The van der Waals surface area contributed by atoms with E-state index in [1.807, 2.05) is 81.4 Å². The second kappa shape index (κ2) is 11.2. The largest absolute Gasteiger partial charge is 0.457 e. The zero-order valence-electron chi connectivity index (χ0n) is 18.5. The third-order valence-corrected chi connectivity index (χ3v) is 5.49. The number of nitrogens with zero attached hydrogens (tertiary/aromatic N) is 2. The van der Waals surface area contributed by atoms with Gasteiger partial charge in [0, 0.05) is 11.5 Å². The number of allylic oxidation sites excluding steroid dienone is 1. The van der Waals surface area contributed by atoms with Gasteiger partial charge in [0.05, 0.1) is 17.1 Å². The third-order valence-electron chi connectivity index (χ3n) is 5.23. The fraction of sp³-hybridized carbons (Fsp3) is 0.269. The highest BCUT2D eigenvalue weighted by Crippen LogP contribution is 2.33. The minimum atomic E-state index is -1.20. The first kappa shape index (κ1) is 24.6. The van der Waals surface area contributed by atoms with Crippen LogP contribution >= 0.6 is 23.2 Å². The van der Waals surface area contributed by atoms with Gasteiger partial charge in [0.15, 0.2) is 0 Å². The number of hydrogen-bond donors (Lipinski definition) is 0. The lowest BCUT2D eigenvalue weighted by Gasteiger charge is -2.25. The Kier molecular flexibility index (Phi) is 8.32. The average molecular weight is 483 g/mol. The van der Waals surface area contributed by atoms with E-state index in [0.29, 0.717) is 17.0 Å². The quantitative estimate of drug-likeness (QED) is 0.313. The molecule has 0 saturated carbocycles. The van der Waals surface area contributed by atoms with Crippen molar-refractivity contribution in [2.75, 3.05) is 0 Å². The van der Waals surface area contributed by atoms with E-state index in [0.717, 1.165) is 5.39 Å². The highest BCUT2D eigenvalue weighted by atomic mass is 35.5. The SMILES string of the molecule is CC(C)C(C(=O)OC(C#N)c1cc(Oc2ccccc2)c2ccccc2n1)C(C)C=C(Cl)Cl. The van der Waals surface area contributed by atoms with Crippen LogP contribution in [-0.2, 0) is 9.53 Å². The van der Waals surface area contributed by atoms with Crippen LogP contribution in [0, 0.1) is 29.1 Å². The zero-order valence-corrected chi connectivity index (χ0v) is 20.0. The number of benzene rings is 2. The number of ether oxygens (including phenoxy) is 2. The monoisotopic (exact) mass is 482 g/mol.